The normalized spacial score (nSPS) is 14.7. The zero-order valence-electron chi connectivity index (χ0n) is 14.2. The summed E-state index contributed by atoms with van der Waals surface area (Å²) in [6, 6.07) is 3.06. The molecular weight excluding hydrogens is 258 g/mol. The Morgan fingerprint density at radius 2 is 2.00 bits per heavy atom. The summed E-state index contributed by atoms with van der Waals surface area (Å²) in [6.07, 6.45) is 7.21. The molecule has 0 spiro atoms. The van der Waals surface area contributed by atoms with Crippen molar-refractivity contribution in [1.29, 1.82) is 0 Å². The first-order chi connectivity index (χ1) is 10.2. The molecule has 1 aliphatic carbocycles. The molecule has 1 aromatic rings. The van der Waals surface area contributed by atoms with E-state index >= 15 is 0 Å². The minimum atomic E-state index is 0.756. The Balaban J connectivity index is 2.02. The van der Waals surface area contributed by atoms with Crippen molar-refractivity contribution < 1.29 is 0 Å². The van der Waals surface area contributed by atoms with Gasteiger partial charge in [-0.3, -0.25) is 0 Å². The monoisotopic (exact) mass is 289 g/mol. The molecule has 0 unspecified atom stereocenters. The maximum Gasteiger partial charge on any atom is 0.131 e. The van der Waals surface area contributed by atoms with Gasteiger partial charge < -0.3 is 10.2 Å². The van der Waals surface area contributed by atoms with Gasteiger partial charge in [-0.05, 0) is 49.8 Å². The van der Waals surface area contributed by atoms with Crippen LogP contribution in [0.3, 0.4) is 0 Å². The predicted octanol–water partition coefficient (Wildman–Crippen LogP) is 3.90. The molecule has 2 rings (SSSR count). The zero-order valence-corrected chi connectivity index (χ0v) is 14.2. The predicted molar refractivity (Wildman–Crippen MR) is 90.8 cm³/mol. The fourth-order valence-electron chi connectivity index (χ4n) is 2.83. The number of aromatic nitrogens is 1. The van der Waals surface area contributed by atoms with Crippen molar-refractivity contribution in [3.05, 3.63) is 23.4 Å². The summed E-state index contributed by atoms with van der Waals surface area (Å²) in [4.78, 5) is 7.19. The second kappa shape index (κ2) is 7.79. The molecule has 118 valence electrons. The highest BCUT2D eigenvalue weighted by Crippen LogP contribution is 2.22. The van der Waals surface area contributed by atoms with Gasteiger partial charge in [0.25, 0.3) is 0 Å². The van der Waals surface area contributed by atoms with Crippen LogP contribution in [0.25, 0.3) is 0 Å². The van der Waals surface area contributed by atoms with Crippen LogP contribution in [0.15, 0.2) is 12.3 Å². The number of hydrogen-bond donors (Lipinski definition) is 1. The summed E-state index contributed by atoms with van der Waals surface area (Å²) in [5.74, 6) is 1.93. The van der Waals surface area contributed by atoms with Crippen LogP contribution in [0.5, 0.6) is 0 Å². The molecule has 1 heterocycles. The summed E-state index contributed by atoms with van der Waals surface area (Å²) in [6.45, 7) is 12.1. The molecule has 1 aliphatic rings. The number of nitrogens with zero attached hydrogens (tertiary/aromatic N) is 2. The fourth-order valence-corrected chi connectivity index (χ4v) is 2.83. The molecule has 1 saturated carbocycles. The highest BCUT2D eigenvalue weighted by Gasteiger charge is 2.20. The molecule has 0 aliphatic heterocycles. The molecule has 21 heavy (non-hydrogen) atoms. The Morgan fingerprint density at radius 3 is 2.52 bits per heavy atom. The molecule has 0 saturated heterocycles. The average Bonchev–Trinajstić information content (AvgIpc) is 3.32. The minimum Gasteiger partial charge on any atom is -0.356 e. The summed E-state index contributed by atoms with van der Waals surface area (Å²) in [7, 11) is 0. The second-order valence-corrected chi connectivity index (χ2v) is 6.36. The third-order valence-corrected chi connectivity index (χ3v) is 4.59. The van der Waals surface area contributed by atoms with E-state index < -0.39 is 0 Å². The highest BCUT2D eigenvalue weighted by molar-refractivity contribution is 5.47. The Kier molecular flexibility index (Phi) is 6.04. The maximum absolute atomic E-state index is 4.76. The smallest absolute Gasteiger partial charge is 0.131 e. The van der Waals surface area contributed by atoms with Crippen molar-refractivity contribution >= 4 is 5.82 Å². The third kappa shape index (κ3) is 4.70. The average molecular weight is 289 g/mol. The van der Waals surface area contributed by atoms with Crippen LogP contribution in [0.4, 0.5) is 5.82 Å². The van der Waals surface area contributed by atoms with Crippen LogP contribution >= 0.6 is 0 Å². The first kappa shape index (κ1) is 16.3. The third-order valence-electron chi connectivity index (χ3n) is 4.59. The van der Waals surface area contributed by atoms with Crippen LogP contribution < -0.4 is 10.2 Å². The van der Waals surface area contributed by atoms with Gasteiger partial charge in [0, 0.05) is 31.9 Å². The van der Waals surface area contributed by atoms with Crippen LogP contribution in [0.1, 0.15) is 57.6 Å². The van der Waals surface area contributed by atoms with E-state index in [2.05, 4.69) is 44.0 Å². The molecule has 0 atom stereocenters. The first-order valence-electron chi connectivity index (χ1n) is 8.61. The fraction of sp³-hybridized carbons (Fsp3) is 0.722. The lowest BCUT2D eigenvalue weighted by molar-refractivity contribution is 0.484. The molecular formula is C18H31N3. The summed E-state index contributed by atoms with van der Waals surface area (Å²) in [5, 5.41) is 3.56. The number of aryl methyl sites for hydroxylation is 1. The summed E-state index contributed by atoms with van der Waals surface area (Å²) >= 11 is 0. The number of rotatable bonds is 9. The Bertz CT molecular complexity index is 436. The van der Waals surface area contributed by atoms with Gasteiger partial charge in [0.2, 0.25) is 0 Å². The van der Waals surface area contributed by atoms with Gasteiger partial charge in [-0.15, -0.1) is 0 Å². The first-order valence-corrected chi connectivity index (χ1v) is 8.61. The second-order valence-electron chi connectivity index (χ2n) is 6.36. The van der Waals surface area contributed by atoms with Crippen molar-refractivity contribution in [3.8, 4) is 0 Å². The largest absolute Gasteiger partial charge is 0.356 e. The quantitative estimate of drug-likeness (QED) is 0.747. The van der Waals surface area contributed by atoms with E-state index in [1.54, 1.807) is 0 Å². The molecule has 0 amide bonds. The van der Waals surface area contributed by atoms with Crippen LogP contribution in [-0.2, 0) is 6.54 Å². The zero-order chi connectivity index (χ0) is 15.2. The van der Waals surface area contributed by atoms with Crippen molar-refractivity contribution in [2.45, 2.75) is 66.0 Å². The van der Waals surface area contributed by atoms with Gasteiger partial charge >= 0.3 is 0 Å². The molecule has 0 aromatic carbocycles. The highest BCUT2D eigenvalue weighted by atomic mass is 15.2. The van der Waals surface area contributed by atoms with E-state index in [1.807, 2.05) is 6.20 Å². The van der Waals surface area contributed by atoms with Crippen LogP contribution in [0.2, 0.25) is 0 Å². The van der Waals surface area contributed by atoms with Gasteiger partial charge in [0.05, 0.1) is 0 Å². The summed E-state index contributed by atoms with van der Waals surface area (Å²) in [5.41, 5.74) is 2.61. The van der Waals surface area contributed by atoms with E-state index in [1.165, 1.54) is 42.6 Å². The van der Waals surface area contributed by atoms with Crippen molar-refractivity contribution in [2.24, 2.45) is 5.92 Å². The van der Waals surface area contributed by atoms with Gasteiger partial charge in [0.15, 0.2) is 0 Å². The lowest BCUT2D eigenvalue weighted by atomic mass is 10.0. The van der Waals surface area contributed by atoms with Crippen molar-refractivity contribution in [1.82, 2.24) is 10.3 Å². The molecule has 1 aromatic heterocycles. The Labute approximate surface area is 130 Å². The lowest BCUT2D eigenvalue weighted by Crippen LogP contribution is -2.30. The Morgan fingerprint density at radius 1 is 1.29 bits per heavy atom. The number of hydrogen-bond acceptors (Lipinski definition) is 3. The topological polar surface area (TPSA) is 28.2 Å². The standard InChI is InChI=1S/C18H31N3/c1-5-15(6-2)13-21(7-3)18-14(4)10-16(12-20-18)11-19-17-8-9-17/h10,12,15,17,19H,5-9,11,13H2,1-4H3. The summed E-state index contributed by atoms with van der Waals surface area (Å²) < 4.78 is 0. The van der Waals surface area contributed by atoms with Crippen LogP contribution in [0, 0.1) is 12.8 Å². The van der Waals surface area contributed by atoms with Crippen LogP contribution in [-0.4, -0.2) is 24.1 Å². The molecule has 1 N–H and O–H groups in total. The lowest BCUT2D eigenvalue weighted by Gasteiger charge is -2.28. The molecule has 3 heteroatoms. The van der Waals surface area contributed by atoms with E-state index in [0.29, 0.717) is 0 Å². The SMILES string of the molecule is CCC(CC)CN(CC)c1ncc(CNC2CC2)cc1C. The maximum atomic E-state index is 4.76. The number of anilines is 1. The minimum absolute atomic E-state index is 0.756. The molecule has 0 radical (unpaired) electrons. The Hall–Kier alpha value is -1.09. The van der Waals surface area contributed by atoms with Gasteiger partial charge in [-0.25, -0.2) is 4.98 Å². The molecule has 3 nitrogen and oxygen atoms in total. The van der Waals surface area contributed by atoms with Gasteiger partial charge in [-0.2, -0.15) is 0 Å². The van der Waals surface area contributed by atoms with E-state index in [9.17, 15) is 0 Å². The van der Waals surface area contributed by atoms with E-state index in [-0.39, 0.29) is 0 Å². The van der Waals surface area contributed by atoms with Gasteiger partial charge in [-0.1, -0.05) is 26.7 Å². The molecule has 0 bridgehead atoms. The van der Waals surface area contributed by atoms with E-state index in [4.69, 9.17) is 4.98 Å². The number of nitrogens with one attached hydrogen (secondary N) is 1. The molecule has 1 fully saturated rings. The van der Waals surface area contributed by atoms with Crippen molar-refractivity contribution in [3.63, 3.8) is 0 Å². The van der Waals surface area contributed by atoms with E-state index in [0.717, 1.165) is 31.6 Å². The van der Waals surface area contributed by atoms with Gasteiger partial charge in [0.1, 0.15) is 5.82 Å². The van der Waals surface area contributed by atoms with Crippen molar-refractivity contribution in [2.75, 3.05) is 18.0 Å². The number of pyridine rings is 1.